The summed E-state index contributed by atoms with van der Waals surface area (Å²) in [6.07, 6.45) is 3.00. The minimum Gasteiger partial charge on any atom is -0.422 e. The molecule has 0 atom stereocenters. The van der Waals surface area contributed by atoms with E-state index in [0.29, 0.717) is 11.1 Å². The first-order valence-corrected chi connectivity index (χ1v) is 8.79. The molecule has 29 heavy (non-hydrogen) atoms. The third-order valence-corrected chi connectivity index (χ3v) is 4.19. The minimum absolute atomic E-state index is 0.112. The Kier molecular flexibility index (Phi) is 5.94. The molecule has 6 heteroatoms. The number of benzene rings is 3. The van der Waals surface area contributed by atoms with Crippen LogP contribution in [0, 0.1) is 17.0 Å². The number of nitro benzene ring substituents is 1. The number of nitro groups is 1. The number of carbonyl (C=O) groups is 2. The predicted octanol–water partition coefficient (Wildman–Crippen LogP) is 5.02. The molecular weight excluding hydrogens is 370 g/mol. The van der Waals surface area contributed by atoms with E-state index in [9.17, 15) is 19.7 Å². The van der Waals surface area contributed by atoms with E-state index in [1.54, 1.807) is 42.5 Å². The molecule has 3 aromatic rings. The van der Waals surface area contributed by atoms with Crippen molar-refractivity contribution in [1.29, 1.82) is 0 Å². The molecule has 144 valence electrons. The number of non-ortho nitro benzene ring substituents is 1. The van der Waals surface area contributed by atoms with Crippen LogP contribution < -0.4 is 4.74 Å². The average Bonchev–Trinajstić information content (AvgIpc) is 2.73. The van der Waals surface area contributed by atoms with Crippen molar-refractivity contribution in [3.63, 3.8) is 0 Å². The van der Waals surface area contributed by atoms with E-state index in [1.807, 2.05) is 19.1 Å². The maximum Gasteiger partial charge on any atom is 0.343 e. The van der Waals surface area contributed by atoms with Crippen molar-refractivity contribution in [3.8, 4) is 5.75 Å². The minimum atomic E-state index is -0.648. The summed E-state index contributed by atoms with van der Waals surface area (Å²) < 4.78 is 5.41. The van der Waals surface area contributed by atoms with Gasteiger partial charge in [0.25, 0.3) is 5.69 Å². The first-order chi connectivity index (χ1) is 13.9. The van der Waals surface area contributed by atoms with Gasteiger partial charge in [-0.1, -0.05) is 48.0 Å². The Morgan fingerprint density at radius 2 is 1.52 bits per heavy atom. The fourth-order valence-corrected chi connectivity index (χ4v) is 2.57. The van der Waals surface area contributed by atoms with Crippen LogP contribution in [0.5, 0.6) is 5.75 Å². The number of allylic oxidation sites excluding steroid dienone is 1. The second-order valence-electron chi connectivity index (χ2n) is 6.29. The topological polar surface area (TPSA) is 86.5 Å². The van der Waals surface area contributed by atoms with Gasteiger partial charge in [0.05, 0.1) is 10.5 Å². The van der Waals surface area contributed by atoms with Gasteiger partial charge < -0.3 is 4.74 Å². The molecule has 0 bridgehead atoms. The van der Waals surface area contributed by atoms with Crippen molar-refractivity contribution in [2.24, 2.45) is 0 Å². The van der Waals surface area contributed by atoms with Crippen LogP contribution in [0.25, 0.3) is 6.08 Å². The number of ether oxygens (including phenoxy) is 1. The third kappa shape index (κ3) is 5.01. The number of carbonyl (C=O) groups excluding carboxylic acids is 2. The molecule has 3 aromatic carbocycles. The molecule has 3 rings (SSSR count). The molecule has 0 saturated heterocycles. The standard InChI is InChI=1S/C23H17NO5/c1-16-6-8-17(9-7-16)21(25)15-12-18-4-2-3-5-22(18)29-23(26)19-10-13-20(14-11-19)24(27)28/h2-15H,1H3. The smallest absolute Gasteiger partial charge is 0.343 e. The summed E-state index contributed by atoms with van der Waals surface area (Å²) in [5.74, 6) is -0.532. The summed E-state index contributed by atoms with van der Waals surface area (Å²) in [5.41, 5.74) is 2.26. The van der Waals surface area contributed by atoms with Gasteiger partial charge in [-0.15, -0.1) is 0 Å². The zero-order valence-electron chi connectivity index (χ0n) is 15.6. The lowest BCUT2D eigenvalue weighted by Crippen LogP contribution is -2.09. The molecule has 0 radical (unpaired) electrons. The van der Waals surface area contributed by atoms with Crippen LogP contribution in [-0.2, 0) is 0 Å². The molecule has 0 fully saturated rings. The van der Waals surface area contributed by atoms with Gasteiger partial charge in [0.15, 0.2) is 5.78 Å². The number of para-hydroxylation sites is 1. The predicted molar refractivity (Wildman–Crippen MR) is 109 cm³/mol. The van der Waals surface area contributed by atoms with E-state index < -0.39 is 10.9 Å². The van der Waals surface area contributed by atoms with E-state index >= 15 is 0 Å². The van der Waals surface area contributed by atoms with Crippen molar-refractivity contribution in [2.45, 2.75) is 6.92 Å². The Morgan fingerprint density at radius 1 is 0.897 bits per heavy atom. The van der Waals surface area contributed by atoms with Crippen molar-refractivity contribution < 1.29 is 19.2 Å². The highest BCUT2D eigenvalue weighted by atomic mass is 16.6. The zero-order valence-corrected chi connectivity index (χ0v) is 15.6. The Bertz CT molecular complexity index is 1080. The summed E-state index contributed by atoms with van der Waals surface area (Å²) >= 11 is 0. The largest absolute Gasteiger partial charge is 0.422 e. The highest BCUT2D eigenvalue weighted by Crippen LogP contribution is 2.22. The quantitative estimate of drug-likeness (QED) is 0.148. The first-order valence-electron chi connectivity index (χ1n) is 8.79. The van der Waals surface area contributed by atoms with Crippen LogP contribution >= 0.6 is 0 Å². The molecule has 0 heterocycles. The number of esters is 1. The van der Waals surface area contributed by atoms with Gasteiger partial charge in [0.1, 0.15) is 5.75 Å². The summed E-state index contributed by atoms with van der Waals surface area (Å²) in [6.45, 7) is 1.94. The normalized spacial score (nSPS) is 10.7. The van der Waals surface area contributed by atoms with Crippen molar-refractivity contribution in [2.75, 3.05) is 0 Å². The molecule has 0 N–H and O–H groups in total. The van der Waals surface area contributed by atoms with E-state index in [-0.39, 0.29) is 22.8 Å². The molecule has 0 aromatic heterocycles. The molecule has 0 spiro atoms. The SMILES string of the molecule is Cc1ccc(C(=O)C=Cc2ccccc2OC(=O)c2ccc([N+](=O)[O-])cc2)cc1. The lowest BCUT2D eigenvalue weighted by Gasteiger charge is -2.07. The number of ketones is 1. The van der Waals surface area contributed by atoms with Gasteiger partial charge >= 0.3 is 5.97 Å². The van der Waals surface area contributed by atoms with Gasteiger partial charge in [0.2, 0.25) is 0 Å². The lowest BCUT2D eigenvalue weighted by atomic mass is 10.1. The third-order valence-electron chi connectivity index (χ3n) is 4.19. The van der Waals surface area contributed by atoms with Crippen molar-refractivity contribution >= 4 is 23.5 Å². The number of hydrogen-bond acceptors (Lipinski definition) is 5. The summed E-state index contributed by atoms with van der Waals surface area (Å²) in [7, 11) is 0. The second-order valence-corrected chi connectivity index (χ2v) is 6.29. The van der Waals surface area contributed by atoms with Gasteiger partial charge in [-0.3, -0.25) is 14.9 Å². The Labute approximate surface area is 167 Å². The Balaban J connectivity index is 1.76. The van der Waals surface area contributed by atoms with Crippen LogP contribution in [0.1, 0.15) is 31.8 Å². The van der Waals surface area contributed by atoms with Crippen LogP contribution in [0.2, 0.25) is 0 Å². The first kappa shape index (κ1) is 19.7. The van der Waals surface area contributed by atoms with Gasteiger partial charge in [-0.25, -0.2) is 4.79 Å². The number of nitrogens with zero attached hydrogens (tertiary/aromatic N) is 1. The number of rotatable bonds is 6. The van der Waals surface area contributed by atoms with Crippen LogP contribution in [-0.4, -0.2) is 16.7 Å². The molecule has 0 aliphatic heterocycles. The molecule has 0 saturated carbocycles. The van der Waals surface area contributed by atoms with Crippen molar-refractivity contribution in [1.82, 2.24) is 0 Å². The van der Waals surface area contributed by atoms with Crippen LogP contribution in [0.4, 0.5) is 5.69 Å². The van der Waals surface area contributed by atoms with E-state index in [4.69, 9.17) is 4.74 Å². The lowest BCUT2D eigenvalue weighted by molar-refractivity contribution is -0.384. The fourth-order valence-electron chi connectivity index (χ4n) is 2.57. The monoisotopic (exact) mass is 387 g/mol. The molecule has 0 amide bonds. The molecular formula is C23H17NO5. The number of aryl methyl sites for hydroxylation is 1. The number of hydrogen-bond donors (Lipinski definition) is 0. The average molecular weight is 387 g/mol. The molecule has 0 aliphatic rings. The van der Waals surface area contributed by atoms with E-state index in [0.717, 1.165) is 5.56 Å². The maximum absolute atomic E-state index is 12.4. The van der Waals surface area contributed by atoms with E-state index in [1.165, 1.54) is 30.3 Å². The fraction of sp³-hybridized carbons (Fsp3) is 0.0435. The second kappa shape index (κ2) is 8.75. The van der Waals surface area contributed by atoms with Crippen LogP contribution in [0.3, 0.4) is 0 Å². The van der Waals surface area contributed by atoms with Gasteiger partial charge in [-0.05, 0) is 37.3 Å². The van der Waals surface area contributed by atoms with Gasteiger partial charge in [-0.2, -0.15) is 0 Å². The summed E-state index contributed by atoms with van der Waals surface area (Å²) in [5, 5.41) is 10.7. The summed E-state index contributed by atoms with van der Waals surface area (Å²) in [4.78, 5) is 34.9. The highest BCUT2D eigenvalue weighted by molar-refractivity contribution is 6.07. The van der Waals surface area contributed by atoms with Crippen molar-refractivity contribution in [3.05, 3.63) is 111 Å². The summed E-state index contributed by atoms with van der Waals surface area (Å²) in [6, 6.07) is 19.2. The highest BCUT2D eigenvalue weighted by Gasteiger charge is 2.13. The van der Waals surface area contributed by atoms with Gasteiger partial charge in [0, 0.05) is 23.3 Å². The zero-order chi connectivity index (χ0) is 20.8. The maximum atomic E-state index is 12.4. The van der Waals surface area contributed by atoms with Crippen LogP contribution in [0.15, 0.2) is 78.9 Å². The molecule has 0 aliphatic carbocycles. The van der Waals surface area contributed by atoms with E-state index in [2.05, 4.69) is 0 Å². The molecule has 0 unspecified atom stereocenters. The molecule has 6 nitrogen and oxygen atoms in total. The Morgan fingerprint density at radius 3 is 2.17 bits per heavy atom. The Hall–Kier alpha value is -4.06.